The summed E-state index contributed by atoms with van der Waals surface area (Å²) >= 11 is 0. The number of rotatable bonds is 4. The van der Waals surface area contributed by atoms with Gasteiger partial charge in [0.05, 0.1) is 18.8 Å². The van der Waals surface area contributed by atoms with Crippen LogP contribution >= 0.6 is 0 Å². The van der Waals surface area contributed by atoms with E-state index in [9.17, 15) is 4.79 Å². The monoisotopic (exact) mass is 331 g/mol. The second-order valence-corrected chi connectivity index (χ2v) is 6.37. The molecule has 2 amide bonds. The number of hydrogen-bond acceptors (Lipinski definition) is 3. The summed E-state index contributed by atoms with van der Waals surface area (Å²) in [5.41, 5.74) is 1.95. The van der Waals surface area contributed by atoms with Crippen LogP contribution in [0.1, 0.15) is 13.8 Å². The maximum atomic E-state index is 12.5. The number of hydrogen-bond donors (Lipinski definition) is 1. The summed E-state index contributed by atoms with van der Waals surface area (Å²) in [7, 11) is 1.70. The zero-order valence-electron chi connectivity index (χ0n) is 14.5. The van der Waals surface area contributed by atoms with Crippen molar-refractivity contribution in [1.82, 2.24) is 9.47 Å². The fraction of sp³-hybridized carbons (Fsp3) is 0.500. The highest BCUT2D eigenvalue weighted by atomic mass is 16.5. The van der Waals surface area contributed by atoms with Crippen LogP contribution in [-0.2, 0) is 16.0 Å². The molecule has 1 aromatic heterocycles. The van der Waals surface area contributed by atoms with Crippen molar-refractivity contribution in [3.05, 3.63) is 30.5 Å². The van der Waals surface area contributed by atoms with E-state index in [1.54, 1.807) is 7.11 Å². The molecule has 6 nitrogen and oxygen atoms in total. The maximum Gasteiger partial charge on any atom is 0.322 e. The van der Waals surface area contributed by atoms with Crippen molar-refractivity contribution in [2.75, 3.05) is 32.1 Å². The molecule has 0 saturated carbocycles. The van der Waals surface area contributed by atoms with Crippen molar-refractivity contribution in [3.8, 4) is 0 Å². The highest BCUT2D eigenvalue weighted by Crippen LogP contribution is 2.21. The standard InChI is InChI=1S/C18H25N3O3/c1-13-11-21(12-14(2)24-13)18(22)19-16-4-5-17-15(10-16)6-7-20(17)8-9-23-3/h4-7,10,13-14H,8-9,11-12H2,1-3H3,(H,19,22)/t13-,14+. The third-order valence-corrected chi connectivity index (χ3v) is 4.27. The van der Waals surface area contributed by atoms with Crippen LogP contribution < -0.4 is 5.32 Å². The third-order valence-electron chi connectivity index (χ3n) is 4.27. The van der Waals surface area contributed by atoms with Gasteiger partial charge in [0, 0.05) is 49.5 Å². The van der Waals surface area contributed by atoms with Gasteiger partial charge in [-0.05, 0) is 38.1 Å². The molecule has 2 atom stereocenters. The first-order valence-electron chi connectivity index (χ1n) is 8.36. The Balaban J connectivity index is 1.70. The van der Waals surface area contributed by atoms with Crippen LogP contribution in [-0.4, -0.2) is 54.5 Å². The molecular weight excluding hydrogens is 306 g/mol. The number of carbonyl (C=O) groups is 1. The molecule has 2 heterocycles. The van der Waals surface area contributed by atoms with Gasteiger partial charge in [0.1, 0.15) is 0 Å². The van der Waals surface area contributed by atoms with E-state index in [4.69, 9.17) is 9.47 Å². The van der Waals surface area contributed by atoms with Gasteiger partial charge in [-0.3, -0.25) is 0 Å². The Kier molecular flexibility index (Phi) is 5.06. The minimum Gasteiger partial charge on any atom is -0.383 e. The van der Waals surface area contributed by atoms with Gasteiger partial charge < -0.3 is 24.3 Å². The molecule has 1 aliphatic heterocycles. The Hall–Kier alpha value is -2.05. The highest BCUT2D eigenvalue weighted by molar-refractivity contribution is 5.93. The zero-order chi connectivity index (χ0) is 17.1. The van der Waals surface area contributed by atoms with E-state index in [2.05, 4.69) is 16.0 Å². The van der Waals surface area contributed by atoms with E-state index in [1.165, 1.54) is 0 Å². The normalized spacial score (nSPS) is 21.2. The Morgan fingerprint density at radius 1 is 1.29 bits per heavy atom. The summed E-state index contributed by atoms with van der Waals surface area (Å²) in [5.74, 6) is 0. The molecule has 1 fully saturated rings. The number of fused-ring (bicyclic) bond motifs is 1. The van der Waals surface area contributed by atoms with Gasteiger partial charge in [0.15, 0.2) is 0 Å². The Morgan fingerprint density at radius 3 is 2.75 bits per heavy atom. The van der Waals surface area contributed by atoms with Crippen LogP contribution in [0.2, 0.25) is 0 Å². The summed E-state index contributed by atoms with van der Waals surface area (Å²) in [6, 6.07) is 7.96. The maximum absolute atomic E-state index is 12.5. The number of methoxy groups -OCH3 is 1. The summed E-state index contributed by atoms with van der Waals surface area (Å²) in [6.07, 6.45) is 2.18. The second-order valence-electron chi connectivity index (χ2n) is 6.37. The van der Waals surface area contributed by atoms with Crippen LogP contribution in [0.25, 0.3) is 10.9 Å². The van der Waals surface area contributed by atoms with Crippen molar-refractivity contribution >= 4 is 22.6 Å². The van der Waals surface area contributed by atoms with Crippen LogP contribution in [0.15, 0.2) is 30.5 Å². The summed E-state index contributed by atoms with van der Waals surface area (Å²) in [6.45, 7) is 6.71. The van der Waals surface area contributed by atoms with Gasteiger partial charge in [-0.15, -0.1) is 0 Å². The molecule has 1 saturated heterocycles. The smallest absolute Gasteiger partial charge is 0.322 e. The number of ether oxygens (including phenoxy) is 2. The van der Waals surface area contributed by atoms with Gasteiger partial charge in [0.25, 0.3) is 0 Å². The van der Waals surface area contributed by atoms with Crippen molar-refractivity contribution in [2.24, 2.45) is 0 Å². The number of nitrogens with zero attached hydrogens (tertiary/aromatic N) is 2. The third kappa shape index (κ3) is 3.71. The van der Waals surface area contributed by atoms with E-state index < -0.39 is 0 Å². The van der Waals surface area contributed by atoms with Crippen molar-refractivity contribution < 1.29 is 14.3 Å². The van der Waals surface area contributed by atoms with Gasteiger partial charge in [-0.1, -0.05) is 0 Å². The SMILES string of the molecule is COCCn1ccc2cc(NC(=O)N3C[C@@H](C)O[C@@H](C)C3)ccc21. The molecule has 24 heavy (non-hydrogen) atoms. The number of carbonyl (C=O) groups excluding carboxylic acids is 1. The number of amides is 2. The van der Waals surface area contributed by atoms with Crippen LogP contribution in [0.3, 0.4) is 0 Å². The summed E-state index contributed by atoms with van der Waals surface area (Å²) in [4.78, 5) is 14.3. The Labute approximate surface area is 142 Å². The first-order valence-corrected chi connectivity index (χ1v) is 8.36. The van der Waals surface area contributed by atoms with Crippen LogP contribution in [0.4, 0.5) is 10.5 Å². The molecule has 0 bridgehead atoms. The van der Waals surface area contributed by atoms with Crippen molar-refractivity contribution in [2.45, 2.75) is 32.6 Å². The van der Waals surface area contributed by atoms with E-state index in [-0.39, 0.29) is 18.2 Å². The lowest BCUT2D eigenvalue weighted by Gasteiger charge is -2.35. The predicted molar refractivity (Wildman–Crippen MR) is 94.4 cm³/mol. The van der Waals surface area contributed by atoms with Gasteiger partial charge in [-0.25, -0.2) is 4.79 Å². The van der Waals surface area contributed by atoms with Gasteiger partial charge in [-0.2, -0.15) is 0 Å². The molecule has 0 spiro atoms. The van der Waals surface area contributed by atoms with Crippen LogP contribution in [0.5, 0.6) is 0 Å². The molecule has 1 N–H and O–H groups in total. The minimum absolute atomic E-state index is 0.0665. The second kappa shape index (κ2) is 7.23. The van der Waals surface area contributed by atoms with Gasteiger partial charge in [0.2, 0.25) is 0 Å². The number of aromatic nitrogens is 1. The minimum atomic E-state index is -0.0739. The topological polar surface area (TPSA) is 55.7 Å². The lowest BCUT2D eigenvalue weighted by Crippen LogP contribution is -2.49. The molecule has 0 radical (unpaired) electrons. The molecule has 0 aliphatic carbocycles. The first kappa shape index (κ1) is 16.8. The van der Waals surface area contributed by atoms with Crippen molar-refractivity contribution in [1.29, 1.82) is 0 Å². The lowest BCUT2D eigenvalue weighted by atomic mass is 10.2. The lowest BCUT2D eigenvalue weighted by molar-refractivity contribution is -0.0530. The number of anilines is 1. The predicted octanol–water partition coefficient (Wildman–Crippen LogP) is 2.93. The molecular formula is C18H25N3O3. The Bertz CT molecular complexity index is 703. The number of benzene rings is 1. The van der Waals surface area contributed by atoms with Crippen LogP contribution in [0, 0.1) is 0 Å². The molecule has 1 aliphatic rings. The highest BCUT2D eigenvalue weighted by Gasteiger charge is 2.25. The average molecular weight is 331 g/mol. The Morgan fingerprint density at radius 2 is 2.04 bits per heavy atom. The van der Waals surface area contributed by atoms with E-state index in [0.717, 1.165) is 23.1 Å². The van der Waals surface area contributed by atoms with E-state index in [0.29, 0.717) is 19.7 Å². The average Bonchev–Trinajstić information content (AvgIpc) is 2.94. The molecule has 2 aromatic rings. The molecule has 6 heteroatoms. The number of morpholine rings is 1. The molecule has 0 unspecified atom stereocenters. The number of nitrogens with one attached hydrogen (secondary N) is 1. The van der Waals surface area contributed by atoms with Crippen molar-refractivity contribution in [3.63, 3.8) is 0 Å². The fourth-order valence-corrected chi connectivity index (χ4v) is 3.21. The zero-order valence-corrected chi connectivity index (χ0v) is 14.5. The van der Waals surface area contributed by atoms with E-state index in [1.807, 2.05) is 43.1 Å². The largest absolute Gasteiger partial charge is 0.383 e. The quantitative estimate of drug-likeness (QED) is 0.937. The molecule has 130 valence electrons. The fourth-order valence-electron chi connectivity index (χ4n) is 3.21. The van der Waals surface area contributed by atoms with E-state index >= 15 is 0 Å². The summed E-state index contributed by atoms with van der Waals surface area (Å²) in [5, 5.41) is 4.10. The first-order chi connectivity index (χ1) is 11.6. The molecule has 1 aromatic carbocycles. The molecule has 3 rings (SSSR count). The number of urea groups is 1. The summed E-state index contributed by atoms with van der Waals surface area (Å²) < 4.78 is 13.0. The van der Waals surface area contributed by atoms with Gasteiger partial charge >= 0.3 is 6.03 Å².